The van der Waals surface area contributed by atoms with Gasteiger partial charge in [0.05, 0.1) is 23.0 Å². The zero-order chi connectivity index (χ0) is 20.5. The van der Waals surface area contributed by atoms with E-state index in [1.54, 1.807) is 11.9 Å². The summed E-state index contributed by atoms with van der Waals surface area (Å²) in [5.74, 6) is 0.592. The summed E-state index contributed by atoms with van der Waals surface area (Å²) in [6.07, 6.45) is 0.683. The summed E-state index contributed by atoms with van der Waals surface area (Å²) in [5, 5.41) is 7.51. The van der Waals surface area contributed by atoms with E-state index in [-0.39, 0.29) is 11.9 Å². The number of para-hydroxylation sites is 2. The Morgan fingerprint density at radius 2 is 1.77 bits per heavy atom. The standard InChI is InChI=1S/C24H18ClN3O2/c1-27-20-8-4-3-7-18(20)24(23(27)29)28-21(17-6-2-5-9-22(17)30-24)14-19(26-28)15-10-12-16(25)13-11-15/h2-13,21H,14H2,1H3. The van der Waals surface area contributed by atoms with Gasteiger partial charge in [0, 0.05) is 24.1 Å². The van der Waals surface area contributed by atoms with Gasteiger partial charge in [-0.05, 0) is 29.8 Å². The van der Waals surface area contributed by atoms with Gasteiger partial charge in [0.15, 0.2) is 0 Å². The first-order valence-corrected chi connectivity index (χ1v) is 10.3. The second-order valence-corrected chi connectivity index (χ2v) is 8.22. The van der Waals surface area contributed by atoms with E-state index in [2.05, 4.69) is 6.07 Å². The van der Waals surface area contributed by atoms with Crippen LogP contribution in [0.1, 0.15) is 29.2 Å². The number of hydrazone groups is 1. The largest absolute Gasteiger partial charge is 0.453 e. The Kier molecular flexibility index (Phi) is 3.56. The molecule has 3 heterocycles. The van der Waals surface area contributed by atoms with Gasteiger partial charge in [-0.25, -0.2) is 5.01 Å². The van der Waals surface area contributed by atoms with Gasteiger partial charge >= 0.3 is 5.72 Å². The minimum Gasteiger partial charge on any atom is -0.453 e. The lowest BCUT2D eigenvalue weighted by Crippen LogP contribution is -2.56. The van der Waals surface area contributed by atoms with Crippen molar-refractivity contribution in [2.75, 3.05) is 11.9 Å². The Morgan fingerprint density at radius 1 is 1.03 bits per heavy atom. The molecule has 2 atom stereocenters. The van der Waals surface area contributed by atoms with Crippen molar-refractivity contribution in [1.29, 1.82) is 0 Å². The van der Waals surface area contributed by atoms with Gasteiger partial charge in [-0.2, -0.15) is 5.10 Å². The Hall–Kier alpha value is -3.31. The maximum absolute atomic E-state index is 13.7. The van der Waals surface area contributed by atoms with Gasteiger partial charge < -0.3 is 9.64 Å². The molecule has 5 nitrogen and oxygen atoms in total. The summed E-state index contributed by atoms with van der Waals surface area (Å²) < 4.78 is 6.51. The molecule has 3 aromatic carbocycles. The number of fused-ring (bicyclic) bond motifs is 6. The molecule has 0 aliphatic carbocycles. The van der Waals surface area contributed by atoms with Crippen molar-refractivity contribution in [2.24, 2.45) is 5.10 Å². The molecule has 3 aliphatic heterocycles. The number of amides is 1. The molecule has 1 spiro atoms. The summed E-state index contributed by atoms with van der Waals surface area (Å²) in [7, 11) is 1.79. The zero-order valence-corrected chi connectivity index (χ0v) is 17.0. The number of benzene rings is 3. The molecule has 0 fully saturated rings. The minimum atomic E-state index is -1.31. The van der Waals surface area contributed by atoms with Crippen LogP contribution in [-0.2, 0) is 10.5 Å². The molecule has 148 valence electrons. The first-order chi connectivity index (χ1) is 14.6. The van der Waals surface area contributed by atoms with Gasteiger partial charge in [-0.15, -0.1) is 0 Å². The van der Waals surface area contributed by atoms with Crippen LogP contribution in [0.4, 0.5) is 5.69 Å². The lowest BCUT2D eigenvalue weighted by molar-refractivity contribution is -0.163. The van der Waals surface area contributed by atoms with Crippen LogP contribution in [0.3, 0.4) is 0 Å². The van der Waals surface area contributed by atoms with E-state index in [9.17, 15) is 4.79 Å². The van der Waals surface area contributed by atoms with Crippen LogP contribution in [0, 0.1) is 0 Å². The second kappa shape index (κ2) is 6.09. The van der Waals surface area contributed by atoms with E-state index in [0.717, 1.165) is 33.8 Å². The molecule has 30 heavy (non-hydrogen) atoms. The third kappa shape index (κ3) is 2.18. The Labute approximate surface area is 179 Å². The maximum atomic E-state index is 13.7. The summed E-state index contributed by atoms with van der Waals surface area (Å²) in [5.41, 5.74) is 3.30. The van der Waals surface area contributed by atoms with Crippen LogP contribution in [-0.4, -0.2) is 23.7 Å². The predicted octanol–water partition coefficient (Wildman–Crippen LogP) is 4.71. The van der Waals surface area contributed by atoms with Crippen molar-refractivity contribution in [2.45, 2.75) is 18.2 Å². The minimum absolute atomic E-state index is 0.0934. The Morgan fingerprint density at radius 3 is 2.60 bits per heavy atom. The van der Waals surface area contributed by atoms with Crippen LogP contribution in [0.25, 0.3) is 0 Å². The molecule has 0 saturated heterocycles. The zero-order valence-electron chi connectivity index (χ0n) is 16.2. The normalized spacial score (nSPS) is 23.7. The smallest absolute Gasteiger partial charge is 0.306 e. The van der Waals surface area contributed by atoms with Gasteiger partial charge in [-0.3, -0.25) is 4.79 Å². The number of carbonyl (C=O) groups is 1. The monoisotopic (exact) mass is 415 g/mol. The van der Waals surface area contributed by atoms with Crippen molar-refractivity contribution in [3.05, 3.63) is 94.5 Å². The fourth-order valence-corrected chi connectivity index (χ4v) is 4.86. The van der Waals surface area contributed by atoms with Crippen LogP contribution >= 0.6 is 11.6 Å². The molecule has 6 heteroatoms. The third-order valence-corrected chi connectivity index (χ3v) is 6.42. The van der Waals surface area contributed by atoms with Gasteiger partial charge in [0.25, 0.3) is 5.91 Å². The fourth-order valence-electron chi connectivity index (χ4n) is 4.74. The van der Waals surface area contributed by atoms with E-state index >= 15 is 0 Å². The fraction of sp³-hybridized carbons (Fsp3) is 0.167. The Balaban J connectivity index is 1.58. The van der Waals surface area contributed by atoms with Crippen molar-refractivity contribution in [1.82, 2.24) is 5.01 Å². The number of halogens is 1. The number of anilines is 1. The van der Waals surface area contributed by atoms with Crippen LogP contribution in [0.15, 0.2) is 77.9 Å². The molecule has 0 bridgehead atoms. The molecule has 6 rings (SSSR count). The number of likely N-dealkylation sites (N-methyl/N-ethyl adjacent to an activating group) is 1. The molecule has 2 unspecified atom stereocenters. The van der Waals surface area contributed by atoms with E-state index in [0.29, 0.717) is 11.4 Å². The van der Waals surface area contributed by atoms with E-state index in [4.69, 9.17) is 21.4 Å². The van der Waals surface area contributed by atoms with Crippen LogP contribution in [0.5, 0.6) is 5.75 Å². The average Bonchev–Trinajstić information content (AvgIpc) is 3.31. The van der Waals surface area contributed by atoms with Gasteiger partial charge in [0.2, 0.25) is 0 Å². The summed E-state index contributed by atoms with van der Waals surface area (Å²) in [6.45, 7) is 0. The highest BCUT2D eigenvalue weighted by molar-refractivity contribution is 6.30. The van der Waals surface area contributed by atoms with Gasteiger partial charge in [0.1, 0.15) is 5.75 Å². The number of nitrogens with zero attached hydrogens (tertiary/aromatic N) is 3. The SMILES string of the molecule is CN1C(=O)C2(Oc3ccccc3C3CC(c4ccc(Cl)cc4)=NN32)c2ccccc21. The molecular formula is C24H18ClN3O2. The van der Waals surface area contributed by atoms with E-state index < -0.39 is 5.72 Å². The summed E-state index contributed by atoms with van der Waals surface area (Å²) in [4.78, 5) is 15.3. The number of rotatable bonds is 1. The van der Waals surface area contributed by atoms with Crippen molar-refractivity contribution < 1.29 is 9.53 Å². The molecule has 0 saturated carbocycles. The second-order valence-electron chi connectivity index (χ2n) is 7.78. The molecule has 3 aromatic rings. The molecule has 0 N–H and O–H groups in total. The number of hydrogen-bond donors (Lipinski definition) is 0. The number of carbonyl (C=O) groups excluding carboxylic acids is 1. The average molecular weight is 416 g/mol. The van der Waals surface area contributed by atoms with E-state index in [1.165, 1.54) is 0 Å². The molecule has 1 amide bonds. The highest BCUT2D eigenvalue weighted by Gasteiger charge is 2.62. The quantitative estimate of drug-likeness (QED) is 0.578. The highest BCUT2D eigenvalue weighted by Crippen LogP contribution is 2.55. The highest BCUT2D eigenvalue weighted by atomic mass is 35.5. The first kappa shape index (κ1) is 17.5. The lowest BCUT2D eigenvalue weighted by atomic mass is 9.92. The third-order valence-electron chi connectivity index (χ3n) is 6.17. The van der Waals surface area contributed by atoms with Crippen LogP contribution in [0.2, 0.25) is 5.02 Å². The summed E-state index contributed by atoms with van der Waals surface area (Å²) in [6, 6.07) is 23.3. The Bertz CT molecular complexity index is 1220. The van der Waals surface area contributed by atoms with Gasteiger partial charge in [-0.1, -0.05) is 60.1 Å². The molecule has 0 radical (unpaired) electrons. The van der Waals surface area contributed by atoms with Crippen molar-refractivity contribution >= 4 is 28.9 Å². The number of ether oxygens (including phenoxy) is 1. The lowest BCUT2D eigenvalue weighted by Gasteiger charge is -2.44. The molecular weight excluding hydrogens is 398 g/mol. The topological polar surface area (TPSA) is 45.1 Å². The maximum Gasteiger partial charge on any atom is 0.306 e. The predicted molar refractivity (Wildman–Crippen MR) is 116 cm³/mol. The van der Waals surface area contributed by atoms with Crippen molar-refractivity contribution in [3.8, 4) is 5.75 Å². The number of hydrogen-bond acceptors (Lipinski definition) is 4. The van der Waals surface area contributed by atoms with E-state index in [1.807, 2.05) is 71.7 Å². The van der Waals surface area contributed by atoms with Crippen molar-refractivity contribution in [3.63, 3.8) is 0 Å². The van der Waals surface area contributed by atoms with Crippen LogP contribution < -0.4 is 9.64 Å². The summed E-state index contributed by atoms with van der Waals surface area (Å²) >= 11 is 6.08. The molecule has 3 aliphatic rings. The first-order valence-electron chi connectivity index (χ1n) is 9.88. The molecule has 0 aromatic heterocycles.